The molecule has 0 radical (unpaired) electrons. The van der Waals surface area contributed by atoms with Crippen LogP contribution >= 0.6 is 0 Å². The molecule has 0 aromatic rings. The van der Waals surface area contributed by atoms with Crippen LogP contribution in [-0.4, -0.2) is 46.0 Å². The molecule has 1 rings (SSSR count). The number of rotatable bonds is 1. The maximum atomic E-state index is 11.8. The molecule has 6 nitrogen and oxygen atoms in total. The molecule has 1 N–H and O–H groups in total. The van der Waals surface area contributed by atoms with E-state index in [9.17, 15) is 9.59 Å². The molecule has 0 aromatic carbocycles. The smallest absolute Gasteiger partial charge is 0.412 e. The molecule has 0 aliphatic carbocycles. The average Bonchev–Trinajstić information content (AvgIpc) is 2.37. The van der Waals surface area contributed by atoms with Crippen molar-refractivity contribution < 1.29 is 24.2 Å². The first kappa shape index (κ1) is 13.8. The molecule has 1 aliphatic rings. The fourth-order valence-electron chi connectivity index (χ4n) is 1.67. The van der Waals surface area contributed by atoms with E-state index in [1.54, 1.807) is 34.6 Å². The van der Waals surface area contributed by atoms with Gasteiger partial charge in [-0.1, -0.05) is 0 Å². The summed E-state index contributed by atoms with van der Waals surface area (Å²) in [6.45, 7) is 8.37. The fraction of sp³-hybridized carbons (Fsp3) is 0.818. The first-order chi connectivity index (χ1) is 7.54. The van der Waals surface area contributed by atoms with Gasteiger partial charge in [0.2, 0.25) is 0 Å². The van der Waals surface area contributed by atoms with Crippen LogP contribution in [0.2, 0.25) is 0 Å². The molecule has 1 fully saturated rings. The van der Waals surface area contributed by atoms with Crippen molar-refractivity contribution >= 4 is 12.1 Å². The number of carbonyl (C=O) groups excluding carboxylic acids is 1. The Bertz CT molecular complexity index is 331. The Balaban J connectivity index is 2.85. The maximum Gasteiger partial charge on any atom is 0.412 e. The first-order valence-electron chi connectivity index (χ1n) is 5.41. The van der Waals surface area contributed by atoms with Crippen LogP contribution in [0.15, 0.2) is 0 Å². The minimum atomic E-state index is -1.10. The zero-order valence-corrected chi connectivity index (χ0v) is 10.8. The monoisotopic (exact) mass is 245 g/mol. The molecular weight excluding hydrogens is 226 g/mol. The summed E-state index contributed by atoms with van der Waals surface area (Å²) < 4.78 is 10.4. The van der Waals surface area contributed by atoms with Gasteiger partial charge in [-0.25, -0.2) is 9.59 Å². The van der Waals surface area contributed by atoms with Gasteiger partial charge in [0.25, 0.3) is 0 Å². The van der Waals surface area contributed by atoms with Crippen molar-refractivity contribution in [2.75, 3.05) is 6.73 Å². The van der Waals surface area contributed by atoms with Gasteiger partial charge >= 0.3 is 12.1 Å². The number of hydrogen-bond acceptors (Lipinski definition) is 4. The molecule has 1 amide bonds. The molecule has 0 spiro atoms. The van der Waals surface area contributed by atoms with Crippen LogP contribution in [0.25, 0.3) is 0 Å². The molecule has 17 heavy (non-hydrogen) atoms. The second kappa shape index (κ2) is 4.18. The quantitative estimate of drug-likeness (QED) is 0.756. The zero-order valence-electron chi connectivity index (χ0n) is 10.8. The van der Waals surface area contributed by atoms with E-state index in [-0.39, 0.29) is 6.73 Å². The number of carboxylic acids is 1. The predicted octanol–water partition coefficient (Wildman–Crippen LogP) is 1.44. The number of nitrogens with zero attached hydrogens (tertiary/aromatic N) is 1. The highest BCUT2D eigenvalue weighted by molar-refractivity contribution is 5.82. The van der Waals surface area contributed by atoms with Crippen molar-refractivity contribution in [1.82, 2.24) is 4.90 Å². The first-order valence-corrected chi connectivity index (χ1v) is 5.41. The third-order valence-electron chi connectivity index (χ3n) is 2.41. The Morgan fingerprint density at radius 1 is 1.41 bits per heavy atom. The van der Waals surface area contributed by atoms with Crippen molar-refractivity contribution in [3.63, 3.8) is 0 Å². The Morgan fingerprint density at radius 2 is 1.94 bits per heavy atom. The Hall–Kier alpha value is -1.30. The third-order valence-corrected chi connectivity index (χ3v) is 2.41. The van der Waals surface area contributed by atoms with Crippen molar-refractivity contribution in [2.45, 2.75) is 51.9 Å². The lowest BCUT2D eigenvalue weighted by Crippen LogP contribution is -2.50. The highest BCUT2D eigenvalue weighted by atomic mass is 16.6. The zero-order chi connectivity index (χ0) is 13.4. The maximum absolute atomic E-state index is 11.8. The molecule has 98 valence electrons. The van der Waals surface area contributed by atoms with Crippen LogP contribution in [0.5, 0.6) is 0 Å². The fourth-order valence-corrected chi connectivity index (χ4v) is 1.67. The number of ether oxygens (including phenoxy) is 2. The summed E-state index contributed by atoms with van der Waals surface area (Å²) in [5, 5.41) is 9.14. The van der Waals surface area contributed by atoms with Gasteiger partial charge < -0.3 is 14.6 Å². The Morgan fingerprint density at radius 3 is 2.35 bits per heavy atom. The summed E-state index contributed by atoms with van der Waals surface area (Å²) in [7, 11) is 0. The van der Waals surface area contributed by atoms with Crippen LogP contribution in [-0.2, 0) is 14.3 Å². The van der Waals surface area contributed by atoms with E-state index < -0.39 is 29.3 Å². The van der Waals surface area contributed by atoms with Crippen molar-refractivity contribution in [3.8, 4) is 0 Å². The minimum absolute atomic E-state index is 0.0706. The highest BCUT2D eigenvalue weighted by Crippen LogP contribution is 2.29. The molecule has 0 bridgehead atoms. The average molecular weight is 245 g/mol. The van der Waals surface area contributed by atoms with Gasteiger partial charge in [-0.3, -0.25) is 4.90 Å². The second-order valence-corrected chi connectivity index (χ2v) is 5.57. The molecule has 6 heteroatoms. The molecule has 0 saturated carbocycles. The second-order valence-electron chi connectivity index (χ2n) is 5.57. The summed E-state index contributed by atoms with van der Waals surface area (Å²) >= 11 is 0. The Kier molecular flexibility index (Phi) is 3.38. The van der Waals surface area contributed by atoms with Gasteiger partial charge in [0.15, 0.2) is 6.04 Å². The normalized spacial score (nSPS) is 23.6. The molecular formula is C11H19NO5. The van der Waals surface area contributed by atoms with E-state index in [0.29, 0.717) is 0 Å². The number of aliphatic carboxylic acids is 1. The lowest BCUT2D eigenvalue weighted by atomic mass is 9.99. The summed E-state index contributed by atoms with van der Waals surface area (Å²) in [5.74, 6) is -1.10. The summed E-state index contributed by atoms with van der Waals surface area (Å²) in [4.78, 5) is 24.1. The topological polar surface area (TPSA) is 76.1 Å². The molecule has 0 aromatic heterocycles. The number of amides is 1. The SMILES string of the molecule is CC(C)(C)OC(=O)N1COC(C)(C)C1C(=O)O. The molecule has 1 saturated heterocycles. The van der Waals surface area contributed by atoms with Gasteiger partial charge in [-0.05, 0) is 34.6 Å². The van der Waals surface area contributed by atoms with Gasteiger partial charge in [-0.15, -0.1) is 0 Å². The molecule has 1 heterocycles. The predicted molar refractivity (Wildman–Crippen MR) is 59.5 cm³/mol. The summed E-state index contributed by atoms with van der Waals surface area (Å²) in [6.07, 6.45) is -0.671. The molecule has 1 unspecified atom stereocenters. The summed E-state index contributed by atoms with van der Waals surface area (Å²) in [6, 6.07) is -1.03. The van der Waals surface area contributed by atoms with Crippen LogP contribution in [0.1, 0.15) is 34.6 Å². The number of carboxylic acid groups (broad SMARTS) is 1. The standard InChI is InChI=1S/C11H19NO5/c1-10(2,3)17-9(15)12-6-16-11(4,5)7(12)8(13)14/h7H,6H2,1-5H3,(H,13,14). The minimum Gasteiger partial charge on any atom is -0.480 e. The lowest BCUT2D eigenvalue weighted by Gasteiger charge is -2.28. The van der Waals surface area contributed by atoms with Crippen molar-refractivity contribution in [3.05, 3.63) is 0 Å². The number of carbonyl (C=O) groups is 2. The van der Waals surface area contributed by atoms with Crippen molar-refractivity contribution in [1.29, 1.82) is 0 Å². The largest absolute Gasteiger partial charge is 0.480 e. The van der Waals surface area contributed by atoms with E-state index >= 15 is 0 Å². The van der Waals surface area contributed by atoms with Gasteiger partial charge in [0, 0.05) is 0 Å². The lowest BCUT2D eigenvalue weighted by molar-refractivity contribution is -0.144. The van der Waals surface area contributed by atoms with Crippen LogP contribution < -0.4 is 0 Å². The highest BCUT2D eigenvalue weighted by Gasteiger charge is 2.49. The van der Waals surface area contributed by atoms with Gasteiger partial charge in [0.05, 0.1) is 5.60 Å². The molecule has 1 aliphatic heterocycles. The number of hydrogen-bond donors (Lipinski definition) is 1. The van der Waals surface area contributed by atoms with Crippen molar-refractivity contribution in [2.24, 2.45) is 0 Å². The molecule has 1 atom stereocenters. The van der Waals surface area contributed by atoms with Gasteiger partial charge in [-0.2, -0.15) is 0 Å². The van der Waals surface area contributed by atoms with E-state index in [2.05, 4.69) is 0 Å². The van der Waals surface area contributed by atoms with Crippen LogP contribution in [0.4, 0.5) is 4.79 Å². The van der Waals surface area contributed by atoms with E-state index in [1.807, 2.05) is 0 Å². The third kappa shape index (κ3) is 3.09. The Labute approximate surface area is 100 Å². The van der Waals surface area contributed by atoms with E-state index in [0.717, 1.165) is 4.90 Å². The van der Waals surface area contributed by atoms with Gasteiger partial charge in [0.1, 0.15) is 12.3 Å². The van der Waals surface area contributed by atoms with E-state index in [4.69, 9.17) is 14.6 Å². The van der Waals surface area contributed by atoms with Crippen LogP contribution in [0, 0.1) is 0 Å². The van der Waals surface area contributed by atoms with Crippen LogP contribution in [0.3, 0.4) is 0 Å². The summed E-state index contributed by atoms with van der Waals surface area (Å²) in [5.41, 5.74) is -1.57. The van der Waals surface area contributed by atoms with E-state index in [1.165, 1.54) is 0 Å².